The van der Waals surface area contributed by atoms with Gasteiger partial charge in [-0.25, -0.2) is 4.98 Å². The van der Waals surface area contributed by atoms with Gasteiger partial charge in [0, 0.05) is 27.8 Å². The summed E-state index contributed by atoms with van der Waals surface area (Å²) in [6, 6.07) is 12.7. The zero-order valence-corrected chi connectivity index (χ0v) is 17.9. The summed E-state index contributed by atoms with van der Waals surface area (Å²) in [5, 5.41) is 2.60. The van der Waals surface area contributed by atoms with Crippen LogP contribution in [-0.4, -0.2) is 42.5 Å². The lowest BCUT2D eigenvalue weighted by Crippen LogP contribution is -2.30. The molecule has 1 amide bonds. The van der Waals surface area contributed by atoms with Gasteiger partial charge in [-0.2, -0.15) is 0 Å². The van der Waals surface area contributed by atoms with E-state index in [9.17, 15) is 9.59 Å². The molecule has 0 N–H and O–H groups in total. The fourth-order valence-electron chi connectivity index (χ4n) is 3.31. The first-order valence-corrected chi connectivity index (χ1v) is 10.3. The monoisotopic (exact) mass is 436 g/mol. The van der Waals surface area contributed by atoms with Crippen LogP contribution in [-0.2, 0) is 16.1 Å². The maximum atomic E-state index is 12.5. The maximum Gasteiger partial charge on any atom is 0.326 e. The Morgan fingerprint density at radius 3 is 2.55 bits per heavy atom. The van der Waals surface area contributed by atoms with Crippen molar-refractivity contribution in [2.24, 2.45) is 0 Å². The van der Waals surface area contributed by atoms with Gasteiger partial charge in [0.1, 0.15) is 18.2 Å². The summed E-state index contributed by atoms with van der Waals surface area (Å²) in [5.74, 6) is 0.474. The van der Waals surface area contributed by atoms with Crippen LogP contribution in [0.15, 0.2) is 54.4 Å². The number of amides is 1. The zero-order chi connectivity index (χ0) is 22.0. The number of hydrogen-bond acceptors (Lipinski definition) is 7. The molecule has 0 spiro atoms. The fourth-order valence-corrected chi connectivity index (χ4v) is 4.11. The average Bonchev–Trinajstić information content (AvgIpc) is 3.37. The summed E-state index contributed by atoms with van der Waals surface area (Å²) in [4.78, 5) is 30.7. The molecule has 1 aromatic heterocycles. The highest BCUT2D eigenvalue weighted by atomic mass is 32.1. The Morgan fingerprint density at radius 2 is 1.84 bits per heavy atom. The summed E-state index contributed by atoms with van der Waals surface area (Å²) in [7, 11) is 3.16. The molecule has 0 radical (unpaired) electrons. The Morgan fingerprint density at radius 1 is 1.10 bits per heavy atom. The van der Waals surface area contributed by atoms with E-state index in [0.717, 1.165) is 16.1 Å². The molecule has 158 valence electrons. The van der Waals surface area contributed by atoms with Gasteiger partial charge in [0.05, 0.1) is 19.9 Å². The minimum atomic E-state index is -0.525. The number of rotatable bonds is 7. The summed E-state index contributed by atoms with van der Waals surface area (Å²) in [5.41, 5.74) is 3.27. The molecule has 1 aliphatic rings. The lowest BCUT2D eigenvalue weighted by molar-refractivity contribution is -0.145. The number of aromatic nitrogens is 1. The molecule has 0 atom stereocenters. The highest BCUT2D eigenvalue weighted by Crippen LogP contribution is 2.34. The minimum Gasteiger partial charge on any atom is -0.493 e. The Hall–Kier alpha value is -3.65. The summed E-state index contributed by atoms with van der Waals surface area (Å²) in [6.45, 7) is 3.75. The topological polar surface area (TPSA) is 78.0 Å². The first-order valence-electron chi connectivity index (χ1n) is 9.44. The third-order valence-electron chi connectivity index (χ3n) is 4.89. The van der Waals surface area contributed by atoms with E-state index >= 15 is 0 Å². The van der Waals surface area contributed by atoms with Crippen molar-refractivity contribution in [1.82, 2.24) is 9.88 Å². The molecule has 4 rings (SSSR count). The van der Waals surface area contributed by atoms with Crippen LogP contribution in [0.5, 0.6) is 11.5 Å². The van der Waals surface area contributed by atoms with Gasteiger partial charge in [-0.1, -0.05) is 24.8 Å². The Bertz CT molecular complexity index is 1140. The van der Waals surface area contributed by atoms with E-state index in [2.05, 4.69) is 11.6 Å². The molecule has 7 nitrogen and oxygen atoms in total. The van der Waals surface area contributed by atoms with Gasteiger partial charge < -0.3 is 14.2 Å². The third kappa shape index (κ3) is 4.02. The van der Waals surface area contributed by atoms with E-state index in [1.54, 1.807) is 26.4 Å². The predicted molar refractivity (Wildman–Crippen MR) is 117 cm³/mol. The molecular formula is C23H20N2O5S. The second-order valence-electron chi connectivity index (χ2n) is 6.76. The van der Waals surface area contributed by atoms with E-state index in [1.807, 2.05) is 35.7 Å². The van der Waals surface area contributed by atoms with Crippen LogP contribution in [0.1, 0.15) is 21.6 Å². The van der Waals surface area contributed by atoms with Gasteiger partial charge in [0.2, 0.25) is 0 Å². The smallest absolute Gasteiger partial charge is 0.326 e. The van der Waals surface area contributed by atoms with E-state index in [-0.39, 0.29) is 19.1 Å². The standard InChI is InChI=1S/C23H20N2O5S/c1-14-17-6-4-5-7-18(17)23(27)25(14)11-21(26)30-12-16-13-31-22(24-16)15-8-9-19(28-2)20(10-15)29-3/h4-10,13H,1,11-12H2,2-3H3. The van der Waals surface area contributed by atoms with Gasteiger partial charge >= 0.3 is 5.97 Å². The number of methoxy groups -OCH3 is 2. The van der Waals surface area contributed by atoms with E-state index in [0.29, 0.717) is 28.5 Å². The molecule has 2 heterocycles. The number of benzene rings is 2. The largest absolute Gasteiger partial charge is 0.493 e. The van der Waals surface area contributed by atoms with Gasteiger partial charge in [0.25, 0.3) is 5.91 Å². The van der Waals surface area contributed by atoms with Crippen molar-refractivity contribution in [3.8, 4) is 22.1 Å². The SMILES string of the molecule is C=C1c2ccccc2C(=O)N1CC(=O)OCc1csc(-c2ccc(OC)c(OC)c2)n1. The van der Waals surface area contributed by atoms with Crippen LogP contribution in [0.25, 0.3) is 16.3 Å². The molecule has 31 heavy (non-hydrogen) atoms. The number of thiazole rings is 1. The summed E-state index contributed by atoms with van der Waals surface area (Å²) < 4.78 is 15.9. The molecule has 0 saturated heterocycles. The number of carbonyl (C=O) groups is 2. The quantitative estimate of drug-likeness (QED) is 0.521. The molecular weight excluding hydrogens is 416 g/mol. The Labute approximate surface area is 183 Å². The van der Waals surface area contributed by atoms with Crippen LogP contribution in [0.2, 0.25) is 0 Å². The van der Waals surface area contributed by atoms with Gasteiger partial charge in [0.15, 0.2) is 11.5 Å². The molecule has 3 aromatic rings. The Balaban J connectivity index is 1.38. The Kier molecular flexibility index (Phi) is 5.73. The molecule has 0 fully saturated rings. The van der Waals surface area contributed by atoms with Crippen molar-refractivity contribution in [3.63, 3.8) is 0 Å². The zero-order valence-electron chi connectivity index (χ0n) is 17.1. The van der Waals surface area contributed by atoms with Crippen LogP contribution in [0.4, 0.5) is 0 Å². The van der Waals surface area contributed by atoms with Crippen LogP contribution in [0, 0.1) is 0 Å². The number of ether oxygens (including phenoxy) is 3. The molecule has 1 aliphatic heterocycles. The minimum absolute atomic E-state index is 0.0179. The van der Waals surface area contributed by atoms with Crippen LogP contribution in [0.3, 0.4) is 0 Å². The number of carbonyl (C=O) groups excluding carboxylic acids is 2. The van der Waals surface area contributed by atoms with Crippen molar-refractivity contribution < 1.29 is 23.8 Å². The normalized spacial score (nSPS) is 12.6. The van der Waals surface area contributed by atoms with Crippen molar-refractivity contribution >= 4 is 28.9 Å². The van der Waals surface area contributed by atoms with Crippen molar-refractivity contribution in [2.45, 2.75) is 6.61 Å². The molecule has 8 heteroatoms. The highest BCUT2D eigenvalue weighted by Gasteiger charge is 2.32. The molecule has 0 unspecified atom stereocenters. The number of esters is 1. The van der Waals surface area contributed by atoms with Gasteiger partial charge in [-0.15, -0.1) is 11.3 Å². The lowest BCUT2D eigenvalue weighted by atomic mass is 10.1. The fraction of sp³-hybridized carbons (Fsp3) is 0.174. The lowest BCUT2D eigenvalue weighted by Gasteiger charge is -2.16. The van der Waals surface area contributed by atoms with Crippen molar-refractivity contribution in [3.05, 3.63) is 71.2 Å². The molecule has 0 saturated carbocycles. The van der Waals surface area contributed by atoms with Crippen LogP contribution >= 0.6 is 11.3 Å². The number of hydrogen-bond donors (Lipinski definition) is 0. The van der Waals surface area contributed by atoms with Crippen LogP contribution < -0.4 is 9.47 Å². The van der Waals surface area contributed by atoms with Crippen molar-refractivity contribution in [1.29, 1.82) is 0 Å². The predicted octanol–water partition coefficient (Wildman–Crippen LogP) is 4.00. The number of nitrogens with zero attached hydrogens (tertiary/aromatic N) is 2. The second kappa shape index (κ2) is 8.61. The summed E-state index contributed by atoms with van der Waals surface area (Å²) in [6.07, 6.45) is 0. The first-order chi connectivity index (χ1) is 15.0. The first kappa shape index (κ1) is 20.6. The summed E-state index contributed by atoms with van der Waals surface area (Å²) >= 11 is 1.43. The number of fused-ring (bicyclic) bond motifs is 1. The molecule has 0 bridgehead atoms. The van der Waals surface area contributed by atoms with E-state index in [1.165, 1.54) is 16.2 Å². The molecule has 0 aliphatic carbocycles. The van der Waals surface area contributed by atoms with Gasteiger partial charge in [-0.05, 0) is 24.3 Å². The average molecular weight is 436 g/mol. The van der Waals surface area contributed by atoms with Crippen molar-refractivity contribution in [2.75, 3.05) is 20.8 Å². The molecule has 2 aromatic carbocycles. The maximum absolute atomic E-state index is 12.5. The van der Waals surface area contributed by atoms with Gasteiger partial charge in [-0.3, -0.25) is 14.5 Å². The third-order valence-corrected chi connectivity index (χ3v) is 5.83. The second-order valence-corrected chi connectivity index (χ2v) is 7.62. The highest BCUT2D eigenvalue weighted by molar-refractivity contribution is 7.13. The van der Waals surface area contributed by atoms with E-state index < -0.39 is 5.97 Å². The van der Waals surface area contributed by atoms with E-state index in [4.69, 9.17) is 14.2 Å².